The zero-order valence-electron chi connectivity index (χ0n) is 15.0. The van der Waals surface area contributed by atoms with Gasteiger partial charge in [0.1, 0.15) is 0 Å². The van der Waals surface area contributed by atoms with E-state index in [2.05, 4.69) is 29.2 Å². The first-order chi connectivity index (χ1) is 12.2. The lowest BCUT2D eigenvalue weighted by atomic mass is 9.82. The minimum absolute atomic E-state index is 0.159. The molecule has 4 rings (SSSR count). The minimum atomic E-state index is 0.159. The van der Waals surface area contributed by atoms with Crippen LogP contribution in [0.5, 0.6) is 0 Å². The van der Waals surface area contributed by atoms with E-state index in [1.54, 1.807) is 0 Å². The summed E-state index contributed by atoms with van der Waals surface area (Å²) in [5, 5.41) is 0. The van der Waals surface area contributed by atoms with Crippen LogP contribution in [0.1, 0.15) is 43.2 Å². The fraction of sp³-hybridized carbons (Fsp3) is 0.619. The number of hydrogen-bond acceptors (Lipinski definition) is 2. The molecule has 2 fully saturated rings. The maximum absolute atomic E-state index is 12.9. The second-order valence-corrected chi connectivity index (χ2v) is 7.92. The Labute approximate surface area is 150 Å². The largest absolute Gasteiger partial charge is 0.342 e. The van der Waals surface area contributed by atoms with Crippen LogP contribution in [0.25, 0.3) is 0 Å². The second kappa shape index (κ2) is 7.19. The van der Waals surface area contributed by atoms with Crippen LogP contribution in [0.3, 0.4) is 0 Å². The number of carbonyl (C=O) groups is 2. The molecule has 1 aromatic rings. The van der Waals surface area contributed by atoms with Gasteiger partial charge in [-0.05, 0) is 55.6 Å². The number of piperidine rings is 1. The first kappa shape index (κ1) is 16.6. The molecule has 0 radical (unpaired) electrons. The van der Waals surface area contributed by atoms with E-state index in [0.717, 1.165) is 71.1 Å². The Morgan fingerprint density at radius 3 is 2.48 bits per heavy atom. The molecular weight excluding hydrogens is 312 g/mol. The van der Waals surface area contributed by atoms with Crippen LogP contribution in [-0.2, 0) is 22.4 Å². The normalized spacial score (nSPS) is 24.5. The summed E-state index contributed by atoms with van der Waals surface area (Å²) in [6, 6.07) is 8.54. The highest BCUT2D eigenvalue weighted by Gasteiger charge is 2.32. The predicted octanol–water partition coefficient (Wildman–Crippen LogP) is 2.65. The van der Waals surface area contributed by atoms with Crippen molar-refractivity contribution in [3.05, 3.63) is 35.4 Å². The zero-order chi connectivity index (χ0) is 17.2. The van der Waals surface area contributed by atoms with Crippen LogP contribution in [0, 0.1) is 11.8 Å². The van der Waals surface area contributed by atoms with E-state index in [9.17, 15) is 9.59 Å². The number of hydrogen-bond donors (Lipinski definition) is 0. The Bertz CT molecular complexity index is 649. The molecule has 134 valence electrons. The highest BCUT2D eigenvalue weighted by atomic mass is 16.2. The quantitative estimate of drug-likeness (QED) is 0.849. The first-order valence-corrected chi connectivity index (χ1v) is 9.84. The average Bonchev–Trinajstić information content (AvgIpc) is 3.06. The topological polar surface area (TPSA) is 40.6 Å². The number of aryl methyl sites for hydroxylation is 1. The number of fused-ring (bicyclic) bond motifs is 1. The molecule has 0 bridgehead atoms. The third-order valence-corrected chi connectivity index (χ3v) is 6.27. The molecule has 0 saturated carbocycles. The van der Waals surface area contributed by atoms with Crippen molar-refractivity contribution in [3.63, 3.8) is 0 Å². The Balaban J connectivity index is 1.29. The monoisotopic (exact) mass is 340 g/mol. The molecule has 2 amide bonds. The van der Waals surface area contributed by atoms with Gasteiger partial charge in [-0.25, -0.2) is 0 Å². The molecule has 4 nitrogen and oxygen atoms in total. The van der Waals surface area contributed by atoms with E-state index in [1.165, 1.54) is 11.1 Å². The highest BCUT2D eigenvalue weighted by Crippen LogP contribution is 2.28. The molecule has 2 saturated heterocycles. The summed E-state index contributed by atoms with van der Waals surface area (Å²) < 4.78 is 0. The van der Waals surface area contributed by atoms with Gasteiger partial charge in [-0.1, -0.05) is 24.3 Å². The van der Waals surface area contributed by atoms with Gasteiger partial charge >= 0.3 is 0 Å². The van der Waals surface area contributed by atoms with Gasteiger partial charge in [0.25, 0.3) is 0 Å². The molecule has 0 N–H and O–H groups in total. The molecule has 2 aliphatic heterocycles. The molecule has 2 heterocycles. The lowest BCUT2D eigenvalue weighted by Crippen LogP contribution is -2.45. The van der Waals surface area contributed by atoms with Gasteiger partial charge in [-0.2, -0.15) is 0 Å². The highest BCUT2D eigenvalue weighted by molar-refractivity contribution is 5.80. The third kappa shape index (κ3) is 3.58. The van der Waals surface area contributed by atoms with E-state index in [-0.39, 0.29) is 5.92 Å². The van der Waals surface area contributed by atoms with E-state index in [1.807, 2.05) is 4.90 Å². The van der Waals surface area contributed by atoms with Crippen molar-refractivity contribution in [2.45, 2.75) is 44.9 Å². The summed E-state index contributed by atoms with van der Waals surface area (Å²) >= 11 is 0. The van der Waals surface area contributed by atoms with Crippen molar-refractivity contribution < 1.29 is 9.59 Å². The average molecular weight is 340 g/mol. The summed E-state index contributed by atoms with van der Waals surface area (Å²) in [6.45, 7) is 3.56. The minimum Gasteiger partial charge on any atom is -0.342 e. The third-order valence-electron chi connectivity index (χ3n) is 6.27. The predicted molar refractivity (Wildman–Crippen MR) is 97.1 cm³/mol. The number of rotatable bonds is 3. The van der Waals surface area contributed by atoms with Gasteiger partial charge in [-0.15, -0.1) is 0 Å². The van der Waals surface area contributed by atoms with E-state index in [0.29, 0.717) is 17.7 Å². The maximum atomic E-state index is 12.9. The molecule has 25 heavy (non-hydrogen) atoms. The second-order valence-electron chi connectivity index (χ2n) is 7.92. The van der Waals surface area contributed by atoms with Crippen molar-refractivity contribution in [3.8, 4) is 0 Å². The van der Waals surface area contributed by atoms with E-state index in [4.69, 9.17) is 0 Å². The molecule has 4 heteroatoms. The van der Waals surface area contributed by atoms with Crippen molar-refractivity contribution in [2.24, 2.45) is 11.8 Å². The molecule has 0 spiro atoms. The van der Waals surface area contributed by atoms with Crippen LogP contribution >= 0.6 is 0 Å². The van der Waals surface area contributed by atoms with Gasteiger partial charge in [0, 0.05) is 38.5 Å². The van der Waals surface area contributed by atoms with Gasteiger partial charge in [0.05, 0.1) is 0 Å². The Kier molecular flexibility index (Phi) is 4.78. The Morgan fingerprint density at radius 2 is 1.76 bits per heavy atom. The van der Waals surface area contributed by atoms with E-state index < -0.39 is 0 Å². The Morgan fingerprint density at radius 1 is 1.00 bits per heavy atom. The molecule has 3 aliphatic rings. The lowest BCUT2D eigenvalue weighted by Gasteiger charge is -2.36. The summed E-state index contributed by atoms with van der Waals surface area (Å²) in [5.41, 5.74) is 2.77. The van der Waals surface area contributed by atoms with Crippen LogP contribution in [0.15, 0.2) is 24.3 Å². The van der Waals surface area contributed by atoms with Crippen molar-refractivity contribution in [1.29, 1.82) is 0 Å². The number of amides is 2. The van der Waals surface area contributed by atoms with Gasteiger partial charge in [0.15, 0.2) is 0 Å². The zero-order valence-corrected chi connectivity index (χ0v) is 15.0. The van der Waals surface area contributed by atoms with Gasteiger partial charge < -0.3 is 9.80 Å². The number of likely N-dealkylation sites (tertiary alicyclic amines) is 2. The summed E-state index contributed by atoms with van der Waals surface area (Å²) in [4.78, 5) is 28.8. The molecule has 1 aromatic carbocycles. The molecule has 1 atom stereocenters. The smallest absolute Gasteiger partial charge is 0.226 e. The summed E-state index contributed by atoms with van der Waals surface area (Å²) in [6.07, 6.45) is 6.73. The summed E-state index contributed by atoms with van der Waals surface area (Å²) in [5.74, 6) is 1.40. The molecular formula is C21H28N2O2. The van der Waals surface area contributed by atoms with E-state index >= 15 is 0 Å². The summed E-state index contributed by atoms with van der Waals surface area (Å²) in [7, 11) is 0. The van der Waals surface area contributed by atoms with Crippen LogP contribution in [0.4, 0.5) is 0 Å². The van der Waals surface area contributed by atoms with Crippen LogP contribution < -0.4 is 0 Å². The van der Waals surface area contributed by atoms with Crippen LogP contribution in [0.2, 0.25) is 0 Å². The Hall–Kier alpha value is -1.84. The van der Waals surface area contributed by atoms with Crippen molar-refractivity contribution >= 4 is 11.8 Å². The first-order valence-electron chi connectivity index (χ1n) is 9.84. The van der Waals surface area contributed by atoms with Crippen LogP contribution in [-0.4, -0.2) is 47.8 Å². The number of nitrogens with zero attached hydrogens (tertiary/aromatic N) is 2. The lowest BCUT2D eigenvalue weighted by molar-refractivity contribution is -0.138. The van der Waals surface area contributed by atoms with Crippen molar-refractivity contribution in [1.82, 2.24) is 9.80 Å². The van der Waals surface area contributed by atoms with Crippen molar-refractivity contribution in [2.75, 3.05) is 26.2 Å². The molecule has 1 aliphatic carbocycles. The standard InChI is InChI=1S/C21H28N2O2/c24-20-6-3-11-23(20)15-16-9-12-22(13-10-16)21(25)19-8-7-17-4-1-2-5-18(17)14-19/h1-2,4-5,16,19H,3,6-15H2/t19-/m0/s1. The molecule has 0 aromatic heterocycles. The fourth-order valence-electron chi connectivity index (χ4n) is 4.71. The maximum Gasteiger partial charge on any atom is 0.226 e. The molecule has 0 unspecified atom stereocenters. The van der Waals surface area contributed by atoms with Gasteiger partial charge in [0.2, 0.25) is 11.8 Å². The number of benzene rings is 1. The SMILES string of the molecule is O=C1CCCN1CC1CCN(C(=O)[C@H]2CCc3ccccc3C2)CC1. The van der Waals surface area contributed by atoms with Gasteiger partial charge in [-0.3, -0.25) is 9.59 Å². The fourth-order valence-corrected chi connectivity index (χ4v) is 4.71. The number of carbonyl (C=O) groups excluding carboxylic acids is 2.